The average Bonchev–Trinajstić information content (AvgIpc) is 2.59. The molecule has 0 atom stereocenters. The Labute approximate surface area is 100 Å². The lowest BCUT2D eigenvalue weighted by atomic mass is 10.3. The summed E-state index contributed by atoms with van der Waals surface area (Å²) in [5, 5.41) is 0.885. The molecule has 90 valence electrons. The van der Waals surface area contributed by atoms with E-state index in [-0.39, 0.29) is 5.97 Å². The van der Waals surface area contributed by atoms with Crippen LogP contribution in [0.3, 0.4) is 0 Å². The van der Waals surface area contributed by atoms with Crippen molar-refractivity contribution in [3.63, 3.8) is 0 Å². The molecule has 1 rings (SSSR count). The van der Waals surface area contributed by atoms with Gasteiger partial charge in [0.1, 0.15) is 0 Å². The first-order chi connectivity index (χ1) is 7.51. The van der Waals surface area contributed by atoms with Gasteiger partial charge in [0.25, 0.3) is 0 Å². The highest BCUT2D eigenvalue weighted by molar-refractivity contribution is 7.15. The SMILES string of the molecule is CCN(c1nc(C(=O)OC)c(C)s1)C(C)C. The van der Waals surface area contributed by atoms with E-state index in [0.29, 0.717) is 11.7 Å². The summed E-state index contributed by atoms with van der Waals surface area (Å²) < 4.78 is 4.69. The molecule has 0 aliphatic rings. The lowest BCUT2D eigenvalue weighted by Crippen LogP contribution is -2.30. The van der Waals surface area contributed by atoms with Crippen LogP contribution < -0.4 is 4.90 Å². The first-order valence-electron chi connectivity index (χ1n) is 5.33. The number of rotatable bonds is 4. The number of hydrogen-bond acceptors (Lipinski definition) is 5. The third kappa shape index (κ3) is 2.52. The lowest BCUT2D eigenvalue weighted by molar-refractivity contribution is 0.0594. The van der Waals surface area contributed by atoms with Crippen LogP contribution in [0.1, 0.15) is 36.1 Å². The molecule has 4 nitrogen and oxygen atoms in total. The summed E-state index contributed by atoms with van der Waals surface area (Å²) in [5.41, 5.74) is 0.432. The number of hydrogen-bond donors (Lipinski definition) is 0. The molecule has 0 saturated carbocycles. The summed E-state index contributed by atoms with van der Waals surface area (Å²) in [6.07, 6.45) is 0. The van der Waals surface area contributed by atoms with Crippen LogP contribution in [0.5, 0.6) is 0 Å². The quantitative estimate of drug-likeness (QED) is 0.761. The topological polar surface area (TPSA) is 42.4 Å². The molecule has 0 radical (unpaired) electrons. The summed E-state index contributed by atoms with van der Waals surface area (Å²) in [4.78, 5) is 18.8. The van der Waals surface area contributed by atoms with Crippen molar-refractivity contribution in [2.75, 3.05) is 18.6 Å². The number of anilines is 1. The lowest BCUT2D eigenvalue weighted by Gasteiger charge is -2.23. The van der Waals surface area contributed by atoms with Crippen LogP contribution >= 0.6 is 11.3 Å². The second kappa shape index (κ2) is 5.30. The average molecular weight is 242 g/mol. The number of ether oxygens (including phenoxy) is 1. The van der Waals surface area contributed by atoms with Gasteiger partial charge >= 0.3 is 5.97 Å². The highest BCUT2D eigenvalue weighted by atomic mass is 32.1. The van der Waals surface area contributed by atoms with Crippen LogP contribution in [0.2, 0.25) is 0 Å². The molecule has 0 N–H and O–H groups in total. The number of carbonyl (C=O) groups is 1. The zero-order chi connectivity index (χ0) is 12.3. The van der Waals surface area contributed by atoms with Gasteiger partial charge in [-0.3, -0.25) is 0 Å². The smallest absolute Gasteiger partial charge is 0.357 e. The molecule has 1 aromatic heterocycles. The predicted octanol–water partition coefficient (Wildman–Crippen LogP) is 2.47. The maximum Gasteiger partial charge on any atom is 0.357 e. The molecule has 5 heteroatoms. The predicted molar refractivity (Wildman–Crippen MR) is 66.3 cm³/mol. The third-order valence-corrected chi connectivity index (χ3v) is 3.38. The Hall–Kier alpha value is -1.10. The van der Waals surface area contributed by atoms with Gasteiger partial charge in [-0.05, 0) is 27.7 Å². The minimum absolute atomic E-state index is 0.361. The standard InChI is InChI=1S/C11H18N2O2S/c1-6-13(7(2)3)11-12-9(8(4)16-11)10(14)15-5/h7H,6H2,1-5H3. The van der Waals surface area contributed by atoms with Crippen LogP contribution in [0, 0.1) is 6.92 Å². The fourth-order valence-corrected chi connectivity index (χ4v) is 2.61. The number of aryl methyl sites for hydroxylation is 1. The molecule has 0 amide bonds. The van der Waals surface area contributed by atoms with Crippen molar-refractivity contribution in [2.24, 2.45) is 0 Å². The summed E-state index contributed by atoms with van der Waals surface area (Å²) in [7, 11) is 1.38. The Morgan fingerprint density at radius 1 is 1.56 bits per heavy atom. The molecule has 1 heterocycles. The second-order valence-electron chi connectivity index (χ2n) is 3.77. The van der Waals surface area contributed by atoms with E-state index in [1.165, 1.54) is 18.4 Å². The van der Waals surface area contributed by atoms with Crippen molar-refractivity contribution < 1.29 is 9.53 Å². The highest BCUT2D eigenvalue weighted by Gasteiger charge is 2.19. The molecule has 0 fully saturated rings. The van der Waals surface area contributed by atoms with E-state index in [4.69, 9.17) is 4.74 Å². The number of methoxy groups -OCH3 is 1. The summed E-state index contributed by atoms with van der Waals surface area (Å²) in [6, 6.07) is 0.376. The Morgan fingerprint density at radius 2 is 2.19 bits per heavy atom. The van der Waals surface area contributed by atoms with Gasteiger partial charge in [-0.15, -0.1) is 11.3 Å². The van der Waals surface area contributed by atoms with E-state index in [9.17, 15) is 4.79 Å². The zero-order valence-corrected chi connectivity index (χ0v) is 11.2. The molecular formula is C11H18N2O2S. The van der Waals surface area contributed by atoms with Crippen molar-refractivity contribution in [1.82, 2.24) is 4.98 Å². The maximum absolute atomic E-state index is 11.4. The molecule has 0 aliphatic carbocycles. The van der Waals surface area contributed by atoms with Crippen molar-refractivity contribution in [3.05, 3.63) is 10.6 Å². The van der Waals surface area contributed by atoms with Crippen LogP contribution in [-0.4, -0.2) is 30.6 Å². The highest BCUT2D eigenvalue weighted by Crippen LogP contribution is 2.27. The molecule has 1 aromatic rings. The van der Waals surface area contributed by atoms with Gasteiger partial charge in [0.15, 0.2) is 10.8 Å². The Kier molecular flexibility index (Phi) is 4.29. The van der Waals surface area contributed by atoms with Crippen molar-refractivity contribution in [3.8, 4) is 0 Å². The minimum atomic E-state index is -0.361. The first-order valence-corrected chi connectivity index (χ1v) is 6.15. The van der Waals surface area contributed by atoms with E-state index in [0.717, 1.165) is 16.6 Å². The molecular weight excluding hydrogens is 224 g/mol. The Bertz CT molecular complexity index is 374. The number of esters is 1. The Balaban J connectivity index is 3.04. The number of carbonyl (C=O) groups excluding carboxylic acids is 1. The van der Waals surface area contributed by atoms with Crippen LogP contribution in [-0.2, 0) is 4.74 Å². The van der Waals surface area contributed by atoms with Gasteiger partial charge in [0.05, 0.1) is 7.11 Å². The van der Waals surface area contributed by atoms with E-state index < -0.39 is 0 Å². The molecule has 0 spiro atoms. The van der Waals surface area contributed by atoms with E-state index in [1.54, 1.807) is 0 Å². The fourth-order valence-electron chi connectivity index (χ4n) is 1.51. The zero-order valence-electron chi connectivity index (χ0n) is 10.4. The molecule has 0 aliphatic heterocycles. The third-order valence-electron chi connectivity index (χ3n) is 2.37. The van der Waals surface area contributed by atoms with Crippen molar-refractivity contribution in [2.45, 2.75) is 33.7 Å². The van der Waals surface area contributed by atoms with Crippen LogP contribution in [0.25, 0.3) is 0 Å². The van der Waals surface area contributed by atoms with E-state index >= 15 is 0 Å². The van der Waals surface area contributed by atoms with Crippen LogP contribution in [0.4, 0.5) is 5.13 Å². The Morgan fingerprint density at radius 3 is 2.62 bits per heavy atom. The maximum atomic E-state index is 11.4. The molecule has 0 aromatic carbocycles. The number of thiazole rings is 1. The second-order valence-corrected chi connectivity index (χ2v) is 4.95. The summed E-state index contributed by atoms with van der Waals surface area (Å²) in [6.45, 7) is 9.07. The van der Waals surface area contributed by atoms with E-state index in [2.05, 4.69) is 30.7 Å². The van der Waals surface area contributed by atoms with Gasteiger partial charge in [-0.25, -0.2) is 9.78 Å². The summed E-state index contributed by atoms with van der Waals surface area (Å²) in [5.74, 6) is -0.361. The van der Waals surface area contributed by atoms with Gasteiger partial charge in [-0.1, -0.05) is 0 Å². The van der Waals surface area contributed by atoms with Gasteiger partial charge in [-0.2, -0.15) is 0 Å². The molecule has 0 saturated heterocycles. The minimum Gasteiger partial charge on any atom is -0.464 e. The number of nitrogens with zero attached hydrogens (tertiary/aromatic N) is 2. The van der Waals surface area contributed by atoms with Crippen molar-refractivity contribution >= 4 is 22.4 Å². The molecule has 0 bridgehead atoms. The van der Waals surface area contributed by atoms with Crippen LogP contribution in [0.15, 0.2) is 0 Å². The molecule has 16 heavy (non-hydrogen) atoms. The van der Waals surface area contributed by atoms with Gasteiger partial charge < -0.3 is 9.64 Å². The first kappa shape index (κ1) is 13.0. The van der Waals surface area contributed by atoms with E-state index in [1.807, 2.05) is 6.92 Å². The normalized spacial score (nSPS) is 10.6. The van der Waals surface area contributed by atoms with Crippen molar-refractivity contribution in [1.29, 1.82) is 0 Å². The molecule has 0 unspecified atom stereocenters. The fraction of sp³-hybridized carbons (Fsp3) is 0.636. The number of aromatic nitrogens is 1. The van der Waals surface area contributed by atoms with Gasteiger partial charge in [0, 0.05) is 17.5 Å². The summed E-state index contributed by atoms with van der Waals surface area (Å²) >= 11 is 1.53. The van der Waals surface area contributed by atoms with Gasteiger partial charge in [0.2, 0.25) is 0 Å². The monoisotopic (exact) mass is 242 g/mol. The largest absolute Gasteiger partial charge is 0.464 e.